The number of carbonyl (C=O) groups is 2. The summed E-state index contributed by atoms with van der Waals surface area (Å²) < 4.78 is 1.85. The van der Waals surface area contributed by atoms with Gasteiger partial charge in [-0.25, -0.2) is 4.68 Å². The zero-order valence-electron chi connectivity index (χ0n) is 18.9. The highest BCUT2D eigenvalue weighted by molar-refractivity contribution is 6.30. The smallest absolute Gasteiger partial charge is 0.227 e. The highest BCUT2D eigenvalue weighted by Crippen LogP contribution is 2.23. The number of amides is 2. The third-order valence-electron chi connectivity index (χ3n) is 6.25. The minimum atomic E-state index is -0.0677. The lowest BCUT2D eigenvalue weighted by atomic mass is 9.95. The van der Waals surface area contributed by atoms with Crippen molar-refractivity contribution in [2.75, 3.05) is 13.1 Å². The molecule has 33 heavy (non-hydrogen) atoms. The minimum absolute atomic E-state index is 0.0434. The number of hydrogen-bond donors (Lipinski definition) is 1. The lowest BCUT2D eigenvalue weighted by Crippen LogP contribution is -2.43. The zero-order valence-corrected chi connectivity index (χ0v) is 19.7. The average Bonchev–Trinajstić information content (AvgIpc) is 3.12. The van der Waals surface area contributed by atoms with E-state index in [9.17, 15) is 9.59 Å². The van der Waals surface area contributed by atoms with Gasteiger partial charge in [-0.1, -0.05) is 17.7 Å². The number of nitrogens with one attached hydrogen (secondary N) is 1. The maximum atomic E-state index is 13.0. The molecule has 1 aliphatic heterocycles. The van der Waals surface area contributed by atoms with E-state index in [0.717, 1.165) is 28.2 Å². The van der Waals surface area contributed by atoms with Crippen LogP contribution in [0.4, 0.5) is 0 Å². The van der Waals surface area contributed by atoms with Crippen molar-refractivity contribution in [3.05, 3.63) is 76.3 Å². The topological polar surface area (TPSA) is 80.1 Å². The van der Waals surface area contributed by atoms with Gasteiger partial charge in [0.15, 0.2) is 0 Å². The van der Waals surface area contributed by atoms with E-state index in [2.05, 4.69) is 15.4 Å². The minimum Gasteiger partial charge on any atom is -0.352 e. The van der Waals surface area contributed by atoms with Crippen molar-refractivity contribution in [3.8, 4) is 5.69 Å². The van der Waals surface area contributed by atoms with Crippen molar-refractivity contribution in [1.29, 1.82) is 0 Å². The predicted molar refractivity (Wildman–Crippen MR) is 127 cm³/mol. The van der Waals surface area contributed by atoms with Crippen molar-refractivity contribution in [3.63, 3.8) is 0 Å². The zero-order chi connectivity index (χ0) is 23.4. The Balaban J connectivity index is 1.32. The van der Waals surface area contributed by atoms with Crippen LogP contribution < -0.4 is 5.32 Å². The Morgan fingerprint density at radius 2 is 1.85 bits per heavy atom. The second kappa shape index (κ2) is 10.2. The Kier molecular flexibility index (Phi) is 7.08. The second-order valence-corrected chi connectivity index (χ2v) is 8.88. The van der Waals surface area contributed by atoms with Crippen LogP contribution >= 0.6 is 11.6 Å². The molecule has 1 aliphatic rings. The molecule has 3 heterocycles. The Bertz CT molecular complexity index is 1120. The number of piperidine rings is 1. The monoisotopic (exact) mass is 465 g/mol. The second-order valence-electron chi connectivity index (χ2n) is 8.45. The molecule has 1 saturated heterocycles. The number of hydrogen-bond acceptors (Lipinski definition) is 4. The molecule has 0 unspecified atom stereocenters. The molecule has 0 aliphatic carbocycles. The van der Waals surface area contributed by atoms with Crippen LogP contribution in [0.3, 0.4) is 0 Å². The van der Waals surface area contributed by atoms with Crippen molar-refractivity contribution in [1.82, 2.24) is 25.0 Å². The van der Waals surface area contributed by atoms with Crippen molar-refractivity contribution in [2.45, 2.75) is 39.7 Å². The summed E-state index contributed by atoms with van der Waals surface area (Å²) in [7, 11) is 0. The molecule has 2 amide bonds. The van der Waals surface area contributed by atoms with E-state index >= 15 is 0 Å². The summed E-state index contributed by atoms with van der Waals surface area (Å²) in [6.45, 7) is 5.57. The van der Waals surface area contributed by atoms with Gasteiger partial charge in [0.2, 0.25) is 11.8 Å². The number of halogens is 1. The largest absolute Gasteiger partial charge is 0.352 e. The number of rotatable bonds is 6. The lowest BCUT2D eigenvalue weighted by Gasteiger charge is -2.31. The van der Waals surface area contributed by atoms with Crippen molar-refractivity contribution in [2.24, 2.45) is 5.92 Å². The van der Waals surface area contributed by atoms with E-state index in [4.69, 9.17) is 11.6 Å². The number of likely N-dealkylation sites (tertiary alicyclic amines) is 1. The third-order valence-corrected chi connectivity index (χ3v) is 6.50. The van der Waals surface area contributed by atoms with E-state index in [0.29, 0.717) is 43.9 Å². The average molecular weight is 466 g/mol. The Hall–Kier alpha value is -3.19. The predicted octanol–water partition coefficient (Wildman–Crippen LogP) is 3.64. The van der Waals surface area contributed by atoms with E-state index < -0.39 is 0 Å². The molecule has 1 fully saturated rings. The van der Waals surface area contributed by atoms with Crippen LogP contribution in [0.1, 0.15) is 35.4 Å². The van der Waals surface area contributed by atoms with Crippen LogP contribution in [0, 0.1) is 19.8 Å². The fraction of sp³-hybridized carbons (Fsp3) is 0.360. The van der Waals surface area contributed by atoms with Crippen LogP contribution in [0.25, 0.3) is 5.69 Å². The van der Waals surface area contributed by atoms with Gasteiger partial charge < -0.3 is 10.2 Å². The molecule has 0 bridgehead atoms. The van der Waals surface area contributed by atoms with E-state index in [1.165, 1.54) is 0 Å². The standard InChI is InChI=1S/C25H28ClN5O2/c1-17-23(18(2)31(29-17)22-7-5-21(26)6-8-22)14-24(32)30-12-9-20(10-13-30)25(33)28-16-19-4-3-11-27-15-19/h3-8,11,15,20H,9-10,12-14,16H2,1-2H3,(H,28,33). The number of carbonyl (C=O) groups excluding carboxylic acids is 2. The molecule has 4 rings (SSSR count). The van der Waals surface area contributed by atoms with Gasteiger partial charge in [0, 0.05) is 54.2 Å². The van der Waals surface area contributed by atoms with Gasteiger partial charge in [-0.2, -0.15) is 5.10 Å². The van der Waals surface area contributed by atoms with E-state index in [-0.39, 0.29) is 17.7 Å². The highest BCUT2D eigenvalue weighted by atomic mass is 35.5. The molecule has 0 atom stereocenters. The number of pyridine rings is 1. The Morgan fingerprint density at radius 3 is 2.52 bits per heavy atom. The normalized spacial score (nSPS) is 14.3. The maximum Gasteiger partial charge on any atom is 0.227 e. The lowest BCUT2D eigenvalue weighted by molar-refractivity contribution is -0.135. The molecule has 0 radical (unpaired) electrons. The van der Waals surface area contributed by atoms with Gasteiger partial charge in [-0.05, 0) is 62.6 Å². The first kappa shape index (κ1) is 23.0. The van der Waals surface area contributed by atoms with Gasteiger partial charge in [-0.15, -0.1) is 0 Å². The maximum absolute atomic E-state index is 13.0. The molecule has 172 valence electrons. The fourth-order valence-electron chi connectivity index (χ4n) is 4.25. The Morgan fingerprint density at radius 1 is 1.12 bits per heavy atom. The highest BCUT2D eigenvalue weighted by Gasteiger charge is 2.28. The fourth-order valence-corrected chi connectivity index (χ4v) is 4.38. The summed E-state index contributed by atoms with van der Waals surface area (Å²) in [5.41, 5.74) is 4.64. The first-order valence-electron chi connectivity index (χ1n) is 11.2. The summed E-state index contributed by atoms with van der Waals surface area (Å²) in [5.74, 6) is 0.0507. The molecule has 7 nitrogen and oxygen atoms in total. The molecular formula is C25H28ClN5O2. The summed E-state index contributed by atoms with van der Waals surface area (Å²) in [6.07, 6.45) is 5.12. The van der Waals surface area contributed by atoms with Gasteiger partial charge >= 0.3 is 0 Å². The van der Waals surface area contributed by atoms with Crippen LogP contribution in [0.2, 0.25) is 5.02 Å². The molecule has 0 saturated carbocycles. The molecule has 1 aromatic carbocycles. The molecule has 3 aromatic rings. The number of benzene rings is 1. The molecule has 2 aromatic heterocycles. The quantitative estimate of drug-likeness (QED) is 0.602. The first-order valence-corrected chi connectivity index (χ1v) is 11.6. The summed E-state index contributed by atoms with van der Waals surface area (Å²) in [6, 6.07) is 11.3. The van der Waals surface area contributed by atoms with E-state index in [1.807, 2.05) is 59.8 Å². The first-order chi connectivity index (χ1) is 15.9. The summed E-state index contributed by atoms with van der Waals surface area (Å²) in [5, 5.41) is 8.29. The van der Waals surface area contributed by atoms with Crippen LogP contribution in [-0.2, 0) is 22.6 Å². The number of aryl methyl sites for hydroxylation is 1. The SMILES string of the molecule is Cc1nn(-c2ccc(Cl)cc2)c(C)c1CC(=O)N1CCC(C(=O)NCc2cccnc2)CC1. The van der Waals surface area contributed by atoms with Crippen LogP contribution in [0.15, 0.2) is 48.8 Å². The van der Waals surface area contributed by atoms with Gasteiger partial charge in [0.25, 0.3) is 0 Å². The van der Waals surface area contributed by atoms with Crippen LogP contribution in [0.5, 0.6) is 0 Å². The van der Waals surface area contributed by atoms with Gasteiger partial charge in [0.05, 0.1) is 17.8 Å². The number of nitrogens with zero attached hydrogens (tertiary/aromatic N) is 4. The van der Waals surface area contributed by atoms with Gasteiger partial charge in [-0.3, -0.25) is 14.6 Å². The summed E-state index contributed by atoms with van der Waals surface area (Å²) in [4.78, 5) is 31.5. The van der Waals surface area contributed by atoms with Crippen LogP contribution in [-0.4, -0.2) is 44.6 Å². The molecular weight excluding hydrogens is 438 g/mol. The van der Waals surface area contributed by atoms with Crippen molar-refractivity contribution < 1.29 is 9.59 Å². The van der Waals surface area contributed by atoms with E-state index in [1.54, 1.807) is 12.4 Å². The molecule has 8 heteroatoms. The summed E-state index contributed by atoms with van der Waals surface area (Å²) >= 11 is 6.00. The van der Waals surface area contributed by atoms with Gasteiger partial charge in [0.1, 0.15) is 0 Å². The van der Waals surface area contributed by atoms with Crippen molar-refractivity contribution >= 4 is 23.4 Å². The number of aromatic nitrogens is 3. The Labute approximate surface area is 198 Å². The molecule has 1 N–H and O–H groups in total. The third kappa shape index (κ3) is 5.42. The molecule has 0 spiro atoms.